The number of alkyl halides is 9. The van der Waals surface area contributed by atoms with E-state index in [2.05, 4.69) is 0 Å². The van der Waals surface area contributed by atoms with Crippen LogP contribution in [0.25, 0.3) is 5.83 Å². The molecule has 0 radical (unpaired) electrons. The number of hydrogen-bond acceptors (Lipinski definition) is 3. The Morgan fingerprint density at radius 2 is 1.57 bits per heavy atom. The highest BCUT2D eigenvalue weighted by molar-refractivity contribution is 7.89. The largest absolute Gasteiger partial charge is 0.596 e. The van der Waals surface area contributed by atoms with Gasteiger partial charge in [0.05, 0.1) is 51.0 Å². The van der Waals surface area contributed by atoms with Crippen LogP contribution in [-0.2, 0) is 17.5 Å². The first kappa shape index (κ1) is 34.3. The Bertz CT molecular complexity index is 1250. The van der Waals surface area contributed by atoms with Crippen molar-refractivity contribution in [3.05, 3.63) is 73.7 Å². The number of carbonyl (C=O) groups excluding carboxylic acids is 1. The first-order chi connectivity index (χ1) is 18.1. The number of nitrogens with zero attached hydrogens (tertiary/aromatic N) is 1. The van der Waals surface area contributed by atoms with Crippen molar-refractivity contribution >= 4 is 57.9 Å². The molecule has 2 aromatic rings. The number of amides is 1. The molecule has 2 rings (SSSR count). The first-order valence-corrected chi connectivity index (χ1v) is 12.8. The van der Waals surface area contributed by atoms with Gasteiger partial charge < -0.3 is 4.55 Å². The van der Waals surface area contributed by atoms with Gasteiger partial charge in [-0.15, -0.1) is 0 Å². The summed E-state index contributed by atoms with van der Waals surface area (Å²) >= 11 is 14.7. The zero-order valence-corrected chi connectivity index (χ0v) is 22.6. The van der Waals surface area contributed by atoms with E-state index in [-0.39, 0.29) is 17.2 Å². The molecule has 2 unspecified atom stereocenters. The summed E-state index contributed by atoms with van der Waals surface area (Å²) in [5, 5.41) is -1.08. The second kappa shape index (κ2) is 12.9. The molecule has 0 aliphatic heterocycles. The van der Waals surface area contributed by atoms with Gasteiger partial charge in [0, 0.05) is 5.56 Å². The average molecular weight is 668 g/mol. The van der Waals surface area contributed by atoms with Crippen molar-refractivity contribution in [1.29, 1.82) is 0 Å². The molecule has 40 heavy (non-hydrogen) atoms. The molecule has 2 aromatic carbocycles. The molecule has 0 heterocycles. The Morgan fingerprint density at radius 3 is 2.05 bits per heavy atom. The maximum absolute atomic E-state index is 14.9. The minimum atomic E-state index is -5.34. The molecule has 0 saturated carbocycles. The van der Waals surface area contributed by atoms with Crippen molar-refractivity contribution in [3.8, 4) is 0 Å². The molecule has 1 N–H and O–H groups in total. The molecule has 222 valence electrons. The number of halogens is 13. The number of hydrogen-bond donors (Lipinski definition) is 1. The van der Waals surface area contributed by atoms with E-state index in [0.717, 1.165) is 19.2 Å². The first-order valence-electron chi connectivity index (χ1n) is 10.4. The van der Waals surface area contributed by atoms with E-state index in [0.29, 0.717) is 16.5 Å². The van der Waals surface area contributed by atoms with Crippen molar-refractivity contribution in [3.63, 3.8) is 0 Å². The second-order valence-electron chi connectivity index (χ2n) is 7.92. The lowest BCUT2D eigenvalue weighted by Crippen LogP contribution is -2.45. The third-order valence-corrected chi connectivity index (χ3v) is 7.45. The Balaban J connectivity index is 2.44. The van der Waals surface area contributed by atoms with Gasteiger partial charge in [0.15, 0.2) is 0 Å². The van der Waals surface area contributed by atoms with Crippen LogP contribution in [0.4, 0.5) is 43.9 Å². The van der Waals surface area contributed by atoms with Crippen LogP contribution in [0.5, 0.6) is 0 Å². The lowest BCUT2D eigenvalue weighted by molar-refractivity contribution is -0.140. The Labute approximate surface area is 238 Å². The molecule has 1 amide bonds. The summed E-state index contributed by atoms with van der Waals surface area (Å²) in [5.41, 5.74) is -2.91. The van der Waals surface area contributed by atoms with Crippen LogP contribution in [0.1, 0.15) is 39.4 Å². The van der Waals surface area contributed by atoms with Gasteiger partial charge in [-0.2, -0.15) is 39.5 Å². The lowest BCUT2D eigenvalue weighted by Gasteiger charge is -2.22. The summed E-state index contributed by atoms with van der Waals surface area (Å²) in [7, 11) is 0.834. The highest BCUT2D eigenvalue weighted by atomic mass is 35.5. The fraction of sp³-hybridized carbons (Fsp3) is 0.318. The fourth-order valence-electron chi connectivity index (χ4n) is 3.10. The molecular formula is C22H15Cl3F10N2O2S. The van der Waals surface area contributed by atoms with Crippen LogP contribution in [0.15, 0.2) is 36.4 Å². The fourth-order valence-corrected chi connectivity index (χ4v) is 4.57. The molecule has 0 bridgehead atoms. The van der Waals surface area contributed by atoms with Gasteiger partial charge in [-0.05, 0) is 40.3 Å². The summed E-state index contributed by atoms with van der Waals surface area (Å²) < 4.78 is 146. The smallest absolute Gasteiger partial charge is 0.417 e. The predicted molar refractivity (Wildman–Crippen MR) is 130 cm³/mol. The molecule has 0 fully saturated rings. The standard InChI is InChI=1S/C22H15Cl3F10N2O2S/c1-37(40(39)5-4-20(27,28)29)36-19(38)12-3-2-10(6-14(12)22(33,34)35)17(26)9-13(21(30,31)32)11-7-15(23)18(25)16(24)8-11/h2-3,6-9,13H,4-5H2,1H3,(H,36,38)/b17-9-. The predicted octanol–water partition coefficient (Wildman–Crippen LogP) is 8.51. The maximum Gasteiger partial charge on any atom is 0.417 e. The van der Waals surface area contributed by atoms with Crippen molar-refractivity contribution in [2.75, 3.05) is 12.8 Å². The average Bonchev–Trinajstić information content (AvgIpc) is 2.81. The third-order valence-electron chi connectivity index (χ3n) is 5.00. The van der Waals surface area contributed by atoms with Crippen molar-refractivity contribution in [1.82, 2.24) is 9.84 Å². The van der Waals surface area contributed by atoms with E-state index < -0.39 is 92.0 Å². The number of benzene rings is 2. The van der Waals surface area contributed by atoms with E-state index in [1.165, 1.54) is 0 Å². The Morgan fingerprint density at radius 1 is 1.02 bits per heavy atom. The van der Waals surface area contributed by atoms with Gasteiger partial charge in [0.2, 0.25) is 0 Å². The number of nitrogens with one attached hydrogen (secondary N) is 1. The Kier molecular flexibility index (Phi) is 11.1. The molecule has 4 nitrogen and oxygen atoms in total. The monoisotopic (exact) mass is 666 g/mol. The van der Waals surface area contributed by atoms with Crippen LogP contribution >= 0.6 is 34.8 Å². The molecule has 18 heteroatoms. The molecule has 0 saturated heterocycles. The summed E-state index contributed by atoms with van der Waals surface area (Å²) in [6.45, 7) is 0. The molecule has 0 aromatic heterocycles. The van der Waals surface area contributed by atoms with E-state index in [4.69, 9.17) is 34.8 Å². The van der Waals surface area contributed by atoms with Gasteiger partial charge in [-0.3, -0.25) is 4.79 Å². The van der Waals surface area contributed by atoms with Crippen molar-refractivity contribution in [2.24, 2.45) is 0 Å². The third kappa shape index (κ3) is 9.31. The van der Waals surface area contributed by atoms with Gasteiger partial charge in [-0.1, -0.05) is 40.9 Å². The minimum absolute atomic E-state index is 0.0251. The highest BCUT2D eigenvalue weighted by Gasteiger charge is 2.41. The quantitative estimate of drug-likeness (QED) is 0.133. The SMILES string of the molecule is CN(NC(=O)c1ccc(/C(F)=C/C(c2cc(Cl)c(Cl)c(Cl)c2)C(F)(F)F)cc1C(F)(F)F)[S+]([O-])CCC(F)(F)F. The molecule has 0 aliphatic rings. The van der Waals surface area contributed by atoms with Gasteiger partial charge in [0.25, 0.3) is 5.91 Å². The number of hydrazine groups is 1. The lowest BCUT2D eigenvalue weighted by atomic mass is 9.95. The topological polar surface area (TPSA) is 55.4 Å². The molecule has 2 atom stereocenters. The van der Waals surface area contributed by atoms with Crippen LogP contribution in [0.2, 0.25) is 15.1 Å². The summed E-state index contributed by atoms with van der Waals surface area (Å²) in [4.78, 5) is 12.4. The maximum atomic E-state index is 14.9. The van der Waals surface area contributed by atoms with E-state index >= 15 is 0 Å². The Hall–Kier alpha value is -1.91. The van der Waals surface area contributed by atoms with Gasteiger partial charge in [0.1, 0.15) is 17.5 Å². The van der Waals surface area contributed by atoms with E-state index in [1.807, 2.05) is 0 Å². The number of carbonyl (C=O) groups is 1. The van der Waals surface area contributed by atoms with Gasteiger partial charge in [-0.25, -0.2) is 9.82 Å². The normalized spacial score (nSPS) is 14.8. The minimum Gasteiger partial charge on any atom is -0.596 e. The van der Waals surface area contributed by atoms with Crippen LogP contribution < -0.4 is 5.43 Å². The highest BCUT2D eigenvalue weighted by Crippen LogP contribution is 2.43. The molecular weight excluding hydrogens is 653 g/mol. The second-order valence-corrected chi connectivity index (χ2v) is 10.7. The van der Waals surface area contributed by atoms with Crippen molar-refractivity contribution in [2.45, 2.75) is 30.9 Å². The van der Waals surface area contributed by atoms with E-state index in [9.17, 15) is 53.3 Å². The van der Waals surface area contributed by atoms with Gasteiger partial charge >= 0.3 is 18.5 Å². The summed E-state index contributed by atoms with van der Waals surface area (Å²) in [6, 6.07) is 2.58. The van der Waals surface area contributed by atoms with Crippen LogP contribution in [0, 0.1) is 0 Å². The zero-order valence-electron chi connectivity index (χ0n) is 19.5. The van der Waals surface area contributed by atoms with Crippen molar-refractivity contribution < 1.29 is 53.3 Å². The van der Waals surface area contributed by atoms with Crippen LogP contribution in [0.3, 0.4) is 0 Å². The molecule has 0 aliphatic carbocycles. The zero-order chi connectivity index (χ0) is 30.8. The number of rotatable bonds is 8. The summed E-state index contributed by atoms with van der Waals surface area (Å²) in [5.74, 6) is -7.07. The summed E-state index contributed by atoms with van der Waals surface area (Å²) in [6.07, 6.45) is -16.7. The number of allylic oxidation sites excluding steroid dienone is 1. The van der Waals surface area contributed by atoms with Crippen LogP contribution in [-0.4, -0.2) is 40.0 Å². The van der Waals surface area contributed by atoms with E-state index in [1.54, 1.807) is 5.43 Å². The molecule has 0 spiro atoms.